The van der Waals surface area contributed by atoms with Gasteiger partial charge in [-0.1, -0.05) is 0 Å². The molecule has 0 atom stereocenters. The Bertz CT molecular complexity index is 376. The normalized spacial score (nSPS) is 10.8. The molecule has 0 aliphatic rings. The van der Waals surface area contributed by atoms with Gasteiger partial charge in [0.2, 0.25) is 5.95 Å². The quantitative estimate of drug-likeness (QED) is 0.475. The van der Waals surface area contributed by atoms with Gasteiger partial charge in [-0.05, 0) is 11.9 Å². The Labute approximate surface area is 99.7 Å². The van der Waals surface area contributed by atoms with Crippen LogP contribution in [0.4, 0.5) is 11.8 Å². The van der Waals surface area contributed by atoms with Crippen molar-refractivity contribution < 1.29 is 0 Å². The molecule has 0 aliphatic heterocycles. The maximum Gasteiger partial charge on any atom is 0.226 e. The van der Waals surface area contributed by atoms with Crippen molar-refractivity contribution in [2.75, 3.05) is 33.1 Å². The predicted octanol–water partition coefficient (Wildman–Crippen LogP) is 0.730. The van der Waals surface area contributed by atoms with Crippen LogP contribution in [0.25, 0.3) is 0 Å². The van der Waals surface area contributed by atoms with Crippen molar-refractivity contribution in [2.45, 2.75) is 4.90 Å². The van der Waals surface area contributed by atoms with Crippen LogP contribution in [0.5, 0.6) is 0 Å². The number of hydrogen-bond donors (Lipinski definition) is 1. The first-order valence-electron chi connectivity index (χ1n) is 4.66. The van der Waals surface area contributed by atoms with E-state index in [4.69, 9.17) is 5.14 Å². The first-order chi connectivity index (χ1) is 7.54. The fourth-order valence-corrected chi connectivity index (χ4v) is 1.23. The first-order valence-corrected chi connectivity index (χ1v) is 5.54. The highest BCUT2D eigenvalue weighted by molar-refractivity contribution is 7.97. The maximum atomic E-state index is 5.52. The van der Waals surface area contributed by atoms with E-state index >= 15 is 0 Å². The van der Waals surface area contributed by atoms with Gasteiger partial charge in [-0.2, -0.15) is 4.98 Å². The molecule has 0 fully saturated rings. The number of rotatable bonds is 4. The van der Waals surface area contributed by atoms with Crippen LogP contribution in [-0.2, 0) is 0 Å². The second kappa shape index (κ2) is 5.66. The lowest BCUT2D eigenvalue weighted by molar-refractivity contribution is 0.642. The molecule has 2 N–H and O–H groups in total. The molecule has 0 aliphatic carbocycles. The average molecular weight is 240 g/mol. The van der Waals surface area contributed by atoms with Gasteiger partial charge < -0.3 is 9.80 Å². The third-order valence-electron chi connectivity index (χ3n) is 1.66. The molecule has 0 amide bonds. The highest BCUT2D eigenvalue weighted by Crippen LogP contribution is 2.24. The van der Waals surface area contributed by atoms with E-state index in [1.807, 2.05) is 38.0 Å². The number of hydrogen-bond acceptors (Lipinski definition) is 6. The molecule has 0 spiro atoms. The second-order valence-electron chi connectivity index (χ2n) is 3.58. The highest BCUT2D eigenvalue weighted by atomic mass is 32.2. The molecular weight excluding hydrogens is 224 g/mol. The molecule has 16 heavy (non-hydrogen) atoms. The van der Waals surface area contributed by atoms with Gasteiger partial charge in [0.15, 0.2) is 5.82 Å². The van der Waals surface area contributed by atoms with Crippen LogP contribution in [0.15, 0.2) is 16.1 Å². The molecule has 88 valence electrons. The minimum Gasteiger partial charge on any atom is -0.369 e. The predicted molar refractivity (Wildman–Crippen MR) is 68.2 cm³/mol. The minimum absolute atomic E-state index is 0.583. The van der Waals surface area contributed by atoms with E-state index in [-0.39, 0.29) is 0 Å². The minimum atomic E-state index is 0.583. The lowest BCUT2D eigenvalue weighted by Crippen LogP contribution is -2.13. The monoisotopic (exact) mass is 240 g/mol. The largest absolute Gasteiger partial charge is 0.369 e. The number of aromatic nitrogens is 2. The molecule has 1 aromatic rings. The molecule has 1 aromatic heterocycles. The van der Waals surface area contributed by atoms with Gasteiger partial charge in [-0.3, -0.25) is 5.14 Å². The third kappa shape index (κ3) is 3.35. The second-order valence-corrected chi connectivity index (χ2v) is 4.25. The summed E-state index contributed by atoms with van der Waals surface area (Å²) in [5.74, 6) is 1.20. The van der Waals surface area contributed by atoms with Crippen molar-refractivity contribution in [1.29, 1.82) is 0 Å². The van der Waals surface area contributed by atoms with Gasteiger partial charge in [0.1, 0.15) is 0 Å². The summed E-state index contributed by atoms with van der Waals surface area (Å²) in [5.41, 5.74) is 0. The number of nitrogens with zero attached hydrogens (tertiary/aromatic N) is 5. The van der Waals surface area contributed by atoms with Crippen molar-refractivity contribution in [3.05, 3.63) is 6.20 Å². The Morgan fingerprint density at radius 3 is 2.56 bits per heavy atom. The molecule has 0 aromatic carbocycles. The Morgan fingerprint density at radius 1 is 1.38 bits per heavy atom. The standard InChI is InChI=1S/C9H16N6S/c1-14(2)6-12-8-7(16-10)5-11-9(13-8)15(3)4/h5-6H,10H2,1-4H3/b12-6+. The van der Waals surface area contributed by atoms with E-state index in [1.54, 1.807) is 12.5 Å². The Balaban J connectivity index is 3.07. The SMILES string of the molecule is CN(C)/C=N/c1nc(N(C)C)ncc1SN. The summed E-state index contributed by atoms with van der Waals surface area (Å²) in [5, 5.41) is 5.52. The molecule has 0 radical (unpaired) electrons. The smallest absolute Gasteiger partial charge is 0.226 e. The molecule has 0 saturated heterocycles. The lowest BCUT2D eigenvalue weighted by Gasteiger charge is -2.11. The zero-order chi connectivity index (χ0) is 12.1. The summed E-state index contributed by atoms with van der Waals surface area (Å²) in [4.78, 5) is 17.1. The lowest BCUT2D eigenvalue weighted by atomic mass is 10.6. The molecule has 0 bridgehead atoms. The van der Waals surface area contributed by atoms with E-state index in [9.17, 15) is 0 Å². The number of anilines is 1. The third-order valence-corrected chi connectivity index (χ3v) is 2.20. The van der Waals surface area contributed by atoms with E-state index in [1.165, 1.54) is 0 Å². The van der Waals surface area contributed by atoms with Gasteiger partial charge in [-0.15, -0.1) is 0 Å². The fraction of sp³-hybridized carbons (Fsp3) is 0.444. The van der Waals surface area contributed by atoms with Gasteiger partial charge in [-0.25, -0.2) is 9.98 Å². The molecule has 0 unspecified atom stereocenters. The Kier molecular flexibility index (Phi) is 4.51. The molecule has 1 rings (SSSR count). The van der Waals surface area contributed by atoms with Crippen LogP contribution in [0, 0.1) is 0 Å². The van der Waals surface area contributed by atoms with Crippen molar-refractivity contribution in [1.82, 2.24) is 14.9 Å². The average Bonchev–Trinajstić information content (AvgIpc) is 2.25. The summed E-state index contributed by atoms with van der Waals surface area (Å²) in [6.45, 7) is 0. The number of aliphatic imine (C=N–C) groups is 1. The van der Waals surface area contributed by atoms with Crippen molar-refractivity contribution >= 4 is 30.1 Å². The maximum absolute atomic E-state index is 5.52. The molecule has 7 heteroatoms. The summed E-state index contributed by atoms with van der Waals surface area (Å²) in [6, 6.07) is 0. The zero-order valence-corrected chi connectivity index (χ0v) is 10.7. The Morgan fingerprint density at radius 2 is 2.06 bits per heavy atom. The topological polar surface area (TPSA) is 70.6 Å². The van der Waals surface area contributed by atoms with E-state index in [0.717, 1.165) is 16.8 Å². The summed E-state index contributed by atoms with van der Waals surface area (Å²) >= 11 is 1.09. The van der Waals surface area contributed by atoms with E-state index in [2.05, 4.69) is 15.0 Å². The van der Waals surface area contributed by atoms with E-state index in [0.29, 0.717) is 11.8 Å². The van der Waals surface area contributed by atoms with Crippen molar-refractivity contribution in [3.63, 3.8) is 0 Å². The highest BCUT2D eigenvalue weighted by Gasteiger charge is 2.06. The molecule has 0 saturated carbocycles. The molecule has 6 nitrogen and oxygen atoms in total. The summed E-state index contributed by atoms with van der Waals surface area (Å²) < 4.78 is 0. The van der Waals surface area contributed by atoms with Crippen molar-refractivity contribution in [3.8, 4) is 0 Å². The molecular formula is C9H16N6S. The van der Waals surface area contributed by atoms with E-state index < -0.39 is 0 Å². The molecule has 1 heterocycles. The van der Waals surface area contributed by atoms with Crippen LogP contribution < -0.4 is 10.0 Å². The van der Waals surface area contributed by atoms with Crippen LogP contribution >= 0.6 is 11.9 Å². The summed E-state index contributed by atoms with van der Waals surface area (Å²) in [7, 11) is 7.55. The van der Waals surface area contributed by atoms with Gasteiger partial charge >= 0.3 is 0 Å². The van der Waals surface area contributed by atoms with Crippen LogP contribution in [0.3, 0.4) is 0 Å². The van der Waals surface area contributed by atoms with Crippen LogP contribution in [-0.4, -0.2) is 49.4 Å². The Hall–Kier alpha value is -1.34. The van der Waals surface area contributed by atoms with Crippen molar-refractivity contribution in [2.24, 2.45) is 10.1 Å². The fourth-order valence-electron chi connectivity index (χ4n) is 0.914. The van der Waals surface area contributed by atoms with Gasteiger partial charge in [0.05, 0.1) is 11.2 Å². The summed E-state index contributed by atoms with van der Waals surface area (Å²) in [6.07, 6.45) is 3.36. The number of nitrogens with two attached hydrogens (primary N) is 1. The van der Waals surface area contributed by atoms with Gasteiger partial charge in [0, 0.05) is 34.4 Å². The first kappa shape index (κ1) is 12.7. The zero-order valence-electron chi connectivity index (χ0n) is 9.88. The van der Waals surface area contributed by atoms with Gasteiger partial charge in [0.25, 0.3) is 0 Å². The van der Waals surface area contributed by atoms with Crippen LogP contribution in [0.2, 0.25) is 0 Å². The van der Waals surface area contributed by atoms with Crippen LogP contribution in [0.1, 0.15) is 0 Å².